The van der Waals surface area contributed by atoms with Gasteiger partial charge in [0.15, 0.2) is 0 Å². The van der Waals surface area contributed by atoms with Crippen LogP contribution in [0.5, 0.6) is 0 Å². The maximum absolute atomic E-state index is 12.7. The molecule has 0 aliphatic rings. The van der Waals surface area contributed by atoms with Crippen molar-refractivity contribution in [3.05, 3.63) is 69.6 Å². The van der Waals surface area contributed by atoms with Gasteiger partial charge in [0.1, 0.15) is 11.4 Å². The van der Waals surface area contributed by atoms with Crippen molar-refractivity contribution in [3.63, 3.8) is 0 Å². The van der Waals surface area contributed by atoms with Crippen molar-refractivity contribution in [1.29, 1.82) is 0 Å². The van der Waals surface area contributed by atoms with Gasteiger partial charge in [-0.15, -0.1) is 11.3 Å². The van der Waals surface area contributed by atoms with E-state index in [0.717, 1.165) is 22.1 Å². The van der Waals surface area contributed by atoms with Crippen molar-refractivity contribution < 1.29 is 9.59 Å². The molecule has 0 aliphatic carbocycles. The molecule has 2 heterocycles. The van der Waals surface area contributed by atoms with Crippen molar-refractivity contribution in [1.82, 2.24) is 9.55 Å². The lowest BCUT2D eigenvalue weighted by Gasteiger charge is -2.08. The van der Waals surface area contributed by atoms with Crippen LogP contribution in [0.4, 0.5) is 5.69 Å². The lowest BCUT2D eigenvalue weighted by atomic mass is 10.1. The quantitative estimate of drug-likeness (QED) is 0.557. The third-order valence-corrected chi connectivity index (χ3v) is 5.70. The van der Waals surface area contributed by atoms with Gasteiger partial charge in [0.25, 0.3) is 11.5 Å². The number of hydrogen-bond donors (Lipinski definition) is 2. The monoisotopic (exact) mass is 392 g/mol. The van der Waals surface area contributed by atoms with Gasteiger partial charge in [-0.25, -0.2) is 4.98 Å². The standard InChI is InChI=1S/C20H16N4O3S/c1-11-16-19(28-17(11)18(21)26)22-10-24(20(16)27)9-15(25)23-14-7-6-12-4-2-3-5-13(12)8-14/h2-8,10H,9H2,1H3,(H2,21,26)(H,23,25). The van der Waals surface area contributed by atoms with Crippen LogP contribution in [0.2, 0.25) is 0 Å². The van der Waals surface area contributed by atoms with Gasteiger partial charge in [-0.05, 0) is 35.4 Å². The fourth-order valence-electron chi connectivity index (χ4n) is 3.13. The van der Waals surface area contributed by atoms with E-state index in [1.54, 1.807) is 6.92 Å². The normalized spacial score (nSPS) is 11.0. The Labute approximate surface area is 163 Å². The first-order valence-electron chi connectivity index (χ1n) is 8.51. The average molecular weight is 392 g/mol. The second-order valence-corrected chi connectivity index (χ2v) is 7.39. The lowest BCUT2D eigenvalue weighted by molar-refractivity contribution is -0.116. The highest BCUT2D eigenvalue weighted by atomic mass is 32.1. The molecule has 2 amide bonds. The summed E-state index contributed by atoms with van der Waals surface area (Å²) in [6.07, 6.45) is 1.31. The highest BCUT2D eigenvalue weighted by molar-refractivity contribution is 7.20. The lowest BCUT2D eigenvalue weighted by Crippen LogP contribution is -2.28. The Morgan fingerprint density at radius 2 is 1.93 bits per heavy atom. The minimum absolute atomic E-state index is 0.185. The minimum atomic E-state index is -0.597. The fraction of sp³-hybridized carbons (Fsp3) is 0.100. The van der Waals surface area contributed by atoms with Gasteiger partial charge in [0.2, 0.25) is 5.91 Å². The number of nitrogens with one attached hydrogen (secondary N) is 1. The number of rotatable bonds is 4. The Morgan fingerprint density at radius 1 is 1.18 bits per heavy atom. The van der Waals surface area contributed by atoms with Crippen LogP contribution in [-0.4, -0.2) is 21.4 Å². The van der Waals surface area contributed by atoms with Crippen LogP contribution in [0.25, 0.3) is 21.0 Å². The van der Waals surface area contributed by atoms with Crippen LogP contribution in [0, 0.1) is 6.92 Å². The molecule has 0 atom stereocenters. The molecule has 4 rings (SSSR count). The largest absolute Gasteiger partial charge is 0.365 e. The number of benzene rings is 2. The van der Waals surface area contributed by atoms with E-state index in [2.05, 4.69) is 10.3 Å². The number of primary amides is 1. The summed E-state index contributed by atoms with van der Waals surface area (Å²) >= 11 is 1.08. The summed E-state index contributed by atoms with van der Waals surface area (Å²) < 4.78 is 1.23. The zero-order chi connectivity index (χ0) is 19.8. The highest BCUT2D eigenvalue weighted by Crippen LogP contribution is 2.26. The van der Waals surface area contributed by atoms with Gasteiger partial charge in [0, 0.05) is 5.69 Å². The molecule has 7 nitrogen and oxygen atoms in total. The van der Waals surface area contributed by atoms with Gasteiger partial charge in [0.05, 0.1) is 16.6 Å². The average Bonchev–Trinajstić information content (AvgIpc) is 3.01. The number of thiophene rings is 1. The van der Waals surface area contributed by atoms with Crippen molar-refractivity contribution >= 4 is 49.8 Å². The molecule has 140 valence electrons. The molecule has 0 saturated heterocycles. The van der Waals surface area contributed by atoms with Gasteiger partial charge in [-0.1, -0.05) is 30.3 Å². The maximum atomic E-state index is 12.7. The minimum Gasteiger partial charge on any atom is -0.365 e. The van der Waals surface area contributed by atoms with E-state index in [1.807, 2.05) is 42.5 Å². The Bertz CT molecular complexity index is 1310. The van der Waals surface area contributed by atoms with Gasteiger partial charge in [-0.2, -0.15) is 0 Å². The molecular weight excluding hydrogens is 376 g/mol. The summed E-state index contributed by atoms with van der Waals surface area (Å²) in [5, 5.41) is 5.20. The number of fused-ring (bicyclic) bond motifs is 2. The highest BCUT2D eigenvalue weighted by Gasteiger charge is 2.18. The molecule has 0 unspecified atom stereocenters. The van der Waals surface area contributed by atoms with Crippen LogP contribution in [-0.2, 0) is 11.3 Å². The van der Waals surface area contributed by atoms with E-state index in [1.165, 1.54) is 10.9 Å². The second kappa shape index (κ2) is 6.90. The number of carbonyl (C=O) groups excluding carboxylic acids is 2. The van der Waals surface area contributed by atoms with E-state index < -0.39 is 5.91 Å². The summed E-state index contributed by atoms with van der Waals surface area (Å²) in [5.41, 5.74) is 6.11. The number of nitrogens with two attached hydrogens (primary N) is 1. The molecule has 4 aromatic rings. The molecule has 0 bridgehead atoms. The topological polar surface area (TPSA) is 107 Å². The number of aromatic nitrogens is 2. The Hall–Kier alpha value is -3.52. The first-order valence-corrected chi connectivity index (χ1v) is 9.32. The summed E-state index contributed by atoms with van der Waals surface area (Å²) in [6.45, 7) is 1.47. The number of anilines is 1. The van der Waals surface area contributed by atoms with Crippen molar-refractivity contribution in [2.24, 2.45) is 5.73 Å². The van der Waals surface area contributed by atoms with Crippen LogP contribution in [0.1, 0.15) is 15.2 Å². The zero-order valence-electron chi connectivity index (χ0n) is 14.9. The Balaban J connectivity index is 1.61. The molecule has 2 aromatic carbocycles. The summed E-state index contributed by atoms with van der Waals surface area (Å²) in [4.78, 5) is 41.6. The smallest absolute Gasteiger partial charge is 0.262 e. The third kappa shape index (κ3) is 3.14. The summed E-state index contributed by atoms with van der Waals surface area (Å²) in [7, 11) is 0. The van der Waals surface area contributed by atoms with Crippen molar-refractivity contribution in [3.8, 4) is 0 Å². The maximum Gasteiger partial charge on any atom is 0.262 e. The molecule has 0 saturated carbocycles. The first kappa shape index (κ1) is 17.9. The summed E-state index contributed by atoms with van der Waals surface area (Å²) in [5.74, 6) is -0.943. The van der Waals surface area contributed by atoms with Crippen LogP contribution < -0.4 is 16.6 Å². The van der Waals surface area contributed by atoms with E-state index in [0.29, 0.717) is 26.3 Å². The number of aryl methyl sites for hydroxylation is 1. The van der Waals surface area contributed by atoms with Crippen molar-refractivity contribution in [2.45, 2.75) is 13.5 Å². The van der Waals surface area contributed by atoms with E-state index in [9.17, 15) is 14.4 Å². The number of amides is 2. The third-order valence-electron chi connectivity index (χ3n) is 4.49. The van der Waals surface area contributed by atoms with Gasteiger partial charge >= 0.3 is 0 Å². The molecule has 0 fully saturated rings. The number of carbonyl (C=O) groups is 2. The van der Waals surface area contributed by atoms with Gasteiger partial charge < -0.3 is 11.1 Å². The van der Waals surface area contributed by atoms with E-state index in [-0.39, 0.29) is 18.0 Å². The fourth-order valence-corrected chi connectivity index (χ4v) is 4.12. The number of hydrogen-bond acceptors (Lipinski definition) is 5. The van der Waals surface area contributed by atoms with Crippen LogP contribution in [0.3, 0.4) is 0 Å². The molecule has 0 radical (unpaired) electrons. The SMILES string of the molecule is Cc1c(C(N)=O)sc2ncn(CC(=O)Nc3ccc4ccccc4c3)c(=O)c12. The number of nitrogens with zero attached hydrogens (tertiary/aromatic N) is 2. The first-order chi connectivity index (χ1) is 13.4. The predicted octanol–water partition coefficient (Wildman–Crippen LogP) is 2.66. The molecule has 0 aliphatic heterocycles. The molecular formula is C20H16N4O3S. The zero-order valence-corrected chi connectivity index (χ0v) is 15.7. The molecule has 28 heavy (non-hydrogen) atoms. The van der Waals surface area contributed by atoms with Gasteiger partial charge in [-0.3, -0.25) is 19.0 Å². The van der Waals surface area contributed by atoms with Crippen LogP contribution in [0.15, 0.2) is 53.6 Å². The predicted molar refractivity (Wildman–Crippen MR) is 110 cm³/mol. The second-order valence-electron chi connectivity index (χ2n) is 6.39. The van der Waals surface area contributed by atoms with Crippen molar-refractivity contribution in [2.75, 3.05) is 5.32 Å². The summed E-state index contributed by atoms with van der Waals surface area (Å²) in [6, 6.07) is 13.4. The Kier molecular flexibility index (Phi) is 4.40. The Morgan fingerprint density at radius 3 is 2.68 bits per heavy atom. The molecule has 3 N–H and O–H groups in total. The molecule has 8 heteroatoms. The van der Waals surface area contributed by atoms with E-state index in [4.69, 9.17) is 5.73 Å². The molecule has 2 aromatic heterocycles. The van der Waals surface area contributed by atoms with E-state index >= 15 is 0 Å². The molecule has 0 spiro atoms. The van der Waals surface area contributed by atoms with Crippen LogP contribution >= 0.6 is 11.3 Å².